The molecule has 7 heteroatoms. The normalized spacial score (nSPS) is 12.5. The van der Waals surface area contributed by atoms with Crippen LogP contribution in [0.1, 0.15) is 18.9 Å². The van der Waals surface area contributed by atoms with Gasteiger partial charge in [0.05, 0.1) is 13.7 Å². The average Bonchev–Trinajstić information content (AvgIpc) is 2.44. The van der Waals surface area contributed by atoms with Gasteiger partial charge >= 0.3 is 0 Å². The monoisotopic (exact) mass is 485 g/mol. The standard InChI is InChI=1S/C15H24BrN3O2.HI/c1-11(10-20-2)19-15(17)18-8-4-5-12-6-7-13(16)9-14(12)21-3;/h6-7,9,11H,4-5,8,10H2,1-3H3,(H3,17,18,19);1H. The van der Waals surface area contributed by atoms with E-state index in [0.29, 0.717) is 19.1 Å². The van der Waals surface area contributed by atoms with E-state index in [9.17, 15) is 0 Å². The van der Waals surface area contributed by atoms with Crippen molar-refractivity contribution in [1.82, 2.24) is 5.32 Å². The zero-order valence-electron chi connectivity index (χ0n) is 13.3. The second-order valence-corrected chi connectivity index (χ2v) is 5.74. The number of halogens is 2. The van der Waals surface area contributed by atoms with Crippen LogP contribution in [0.25, 0.3) is 0 Å². The van der Waals surface area contributed by atoms with E-state index >= 15 is 0 Å². The van der Waals surface area contributed by atoms with Gasteiger partial charge < -0.3 is 20.5 Å². The number of aliphatic imine (C=N–C) groups is 1. The van der Waals surface area contributed by atoms with E-state index in [-0.39, 0.29) is 30.0 Å². The van der Waals surface area contributed by atoms with Gasteiger partial charge in [-0.2, -0.15) is 0 Å². The molecule has 0 aliphatic heterocycles. The second-order valence-electron chi connectivity index (χ2n) is 4.83. The molecule has 0 fully saturated rings. The lowest BCUT2D eigenvalue weighted by Crippen LogP contribution is -2.40. The summed E-state index contributed by atoms with van der Waals surface area (Å²) < 4.78 is 11.4. The van der Waals surface area contributed by atoms with E-state index in [1.54, 1.807) is 14.2 Å². The number of methoxy groups -OCH3 is 2. The number of hydrogen-bond donors (Lipinski definition) is 2. The second kappa shape index (κ2) is 12.0. The third-order valence-electron chi connectivity index (χ3n) is 2.95. The highest BCUT2D eigenvalue weighted by Crippen LogP contribution is 2.24. The van der Waals surface area contributed by atoms with E-state index in [1.165, 1.54) is 5.56 Å². The Bertz CT molecular complexity index is 472. The van der Waals surface area contributed by atoms with E-state index in [2.05, 4.69) is 32.3 Å². The van der Waals surface area contributed by atoms with Crippen LogP contribution in [0.4, 0.5) is 0 Å². The van der Waals surface area contributed by atoms with Crippen LogP contribution in [0.3, 0.4) is 0 Å². The summed E-state index contributed by atoms with van der Waals surface area (Å²) in [6, 6.07) is 6.21. The summed E-state index contributed by atoms with van der Waals surface area (Å²) in [4.78, 5) is 4.31. The number of rotatable bonds is 8. The van der Waals surface area contributed by atoms with Gasteiger partial charge in [-0.05, 0) is 37.5 Å². The summed E-state index contributed by atoms with van der Waals surface area (Å²) in [7, 11) is 3.35. The summed E-state index contributed by atoms with van der Waals surface area (Å²) >= 11 is 3.44. The maximum Gasteiger partial charge on any atom is 0.188 e. The quantitative estimate of drug-likeness (QED) is 0.257. The minimum Gasteiger partial charge on any atom is -0.496 e. The number of guanidine groups is 1. The molecule has 0 spiro atoms. The van der Waals surface area contributed by atoms with Crippen molar-refractivity contribution in [3.8, 4) is 5.75 Å². The number of nitrogens with two attached hydrogens (primary N) is 1. The first-order chi connectivity index (χ1) is 10.1. The fourth-order valence-electron chi connectivity index (χ4n) is 1.98. The highest BCUT2D eigenvalue weighted by molar-refractivity contribution is 14.0. The molecule has 1 atom stereocenters. The molecule has 0 amide bonds. The molecular weight excluding hydrogens is 461 g/mol. The molecule has 0 bridgehead atoms. The van der Waals surface area contributed by atoms with Crippen LogP contribution in [0.2, 0.25) is 0 Å². The molecule has 1 rings (SSSR count). The lowest BCUT2D eigenvalue weighted by molar-refractivity contribution is 0.179. The Hall–Kier alpha value is -0.540. The topological polar surface area (TPSA) is 68.9 Å². The minimum absolute atomic E-state index is 0. The Labute approximate surface area is 158 Å². The van der Waals surface area contributed by atoms with Crippen molar-refractivity contribution in [3.05, 3.63) is 28.2 Å². The van der Waals surface area contributed by atoms with Gasteiger partial charge in [-0.3, -0.25) is 4.99 Å². The van der Waals surface area contributed by atoms with Gasteiger partial charge in [0.25, 0.3) is 0 Å². The van der Waals surface area contributed by atoms with Gasteiger partial charge in [-0.15, -0.1) is 24.0 Å². The van der Waals surface area contributed by atoms with E-state index in [1.807, 2.05) is 19.1 Å². The van der Waals surface area contributed by atoms with Gasteiger partial charge in [0.1, 0.15) is 5.75 Å². The maximum absolute atomic E-state index is 5.81. The molecule has 0 aliphatic rings. The summed E-state index contributed by atoms with van der Waals surface area (Å²) in [6.07, 6.45) is 1.82. The Morgan fingerprint density at radius 1 is 1.41 bits per heavy atom. The highest BCUT2D eigenvalue weighted by Gasteiger charge is 2.04. The Balaban J connectivity index is 0.00000441. The first-order valence-corrected chi connectivity index (χ1v) is 7.74. The van der Waals surface area contributed by atoms with Crippen molar-refractivity contribution < 1.29 is 9.47 Å². The van der Waals surface area contributed by atoms with E-state index in [4.69, 9.17) is 15.2 Å². The predicted octanol–water partition coefficient (Wildman–Crippen LogP) is 2.95. The largest absolute Gasteiger partial charge is 0.496 e. The smallest absolute Gasteiger partial charge is 0.188 e. The van der Waals surface area contributed by atoms with Crippen LogP contribution in [0.15, 0.2) is 27.7 Å². The van der Waals surface area contributed by atoms with Crippen LogP contribution in [0, 0.1) is 0 Å². The van der Waals surface area contributed by atoms with Crippen molar-refractivity contribution in [3.63, 3.8) is 0 Å². The van der Waals surface area contributed by atoms with Crippen molar-refractivity contribution >= 4 is 45.9 Å². The molecule has 0 aromatic heterocycles. The zero-order valence-corrected chi connectivity index (χ0v) is 17.2. The SMILES string of the molecule is COCC(C)NC(N)=NCCCc1ccc(Br)cc1OC.I. The predicted molar refractivity (Wildman–Crippen MR) is 105 cm³/mol. The van der Waals surface area contributed by atoms with Crippen LogP contribution >= 0.6 is 39.9 Å². The van der Waals surface area contributed by atoms with Gasteiger partial charge in [-0.25, -0.2) is 0 Å². The number of benzene rings is 1. The molecule has 3 N–H and O–H groups in total. The molecule has 0 radical (unpaired) electrons. The van der Waals surface area contributed by atoms with Crippen molar-refractivity contribution in [2.45, 2.75) is 25.8 Å². The molecule has 1 unspecified atom stereocenters. The molecular formula is C15H25BrIN3O2. The first kappa shape index (κ1) is 21.5. The fraction of sp³-hybridized carbons (Fsp3) is 0.533. The number of hydrogen-bond acceptors (Lipinski definition) is 3. The molecule has 5 nitrogen and oxygen atoms in total. The van der Waals surface area contributed by atoms with E-state index in [0.717, 1.165) is 23.1 Å². The molecule has 0 heterocycles. The number of aryl methyl sites for hydroxylation is 1. The van der Waals surface area contributed by atoms with Crippen molar-refractivity contribution in [1.29, 1.82) is 0 Å². The summed E-state index contributed by atoms with van der Waals surface area (Å²) in [5, 5.41) is 3.08. The number of nitrogens with one attached hydrogen (secondary N) is 1. The van der Waals surface area contributed by atoms with Gasteiger partial charge in [-0.1, -0.05) is 22.0 Å². The lowest BCUT2D eigenvalue weighted by Gasteiger charge is -2.13. The summed E-state index contributed by atoms with van der Waals surface area (Å²) in [6.45, 7) is 3.28. The summed E-state index contributed by atoms with van der Waals surface area (Å²) in [5.74, 6) is 1.36. The molecule has 22 heavy (non-hydrogen) atoms. The minimum atomic E-state index is 0. The van der Waals surface area contributed by atoms with Crippen LogP contribution in [-0.2, 0) is 11.2 Å². The van der Waals surface area contributed by atoms with Crippen LogP contribution in [-0.4, -0.2) is 39.4 Å². The molecule has 0 aliphatic carbocycles. The first-order valence-electron chi connectivity index (χ1n) is 6.94. The van der Waals surface area contributed by atoms with Gasteiger partial charge in [0, 0.05) is 24.2 Å². The number of ether oxygens (including phenoxy) is 2. The van der Waals surface area contributed by atoms with Gasteiger partial charge in [0.15, 0.2) is 5.96 Å². The molecule has 0 saturated carbocycles. The summed E-state index contributed by atoms with van der Waals surface area (Å²) in [5.41, 5.74) is 6.99. The molecule has 0 saturated heterocycles. The zero-order chi connectivity index (χ0) is 15.7. The lowest BCUT2D eigenvalue weighted by atomic mass is 10.1. The van der Waals surface area contributed by atoms with Gasteiger partial charge in [0.2, 0.25) is 0 Å². The Morgan fingerprint density at radius 2 is 2.14 bits per heavy atom. The van der Waals surface area contributed by atoms with Crippen LogP contribution in [0.5, 0.6) is 5.75 Å². The Kier molecular flexibility index (Phi) is 11.7. The molecule has 1 aromatic rings. The third-order valence-corrected chi connectivity index (χ3v) is 3.44. The van der Waals surface area contributed by atoms with Crippen molar-refractivity contribution in [2.24, 2.45) is 10.7 Å². The average molecular weight is 486 g/mol. The molecule has 126 valence electrons. The third kappa shape index (κ3) is 8.19. The maximum atomic E-state index is 5.81. The molecule has 1 aromatic carbocycles. The van der Waals surface area contributed by atoms with Crippen LogP contribution < -0.4 is 15.8 Å². The number of nitrogens with zero attached hydrogens (tertiary/aromatic N) is 1. The highest BCUT2D eigenvalue weighted by atomic mass is 127. The van der Waals surface area contributed by atoms with Crippen molar-refractivity contribution in [2.75, 3.05) is 27.4 Å². The van der Waals surface area contributed by atoms with E-state index < -0.39 is 0 Å². The Morgan fingerprint density at radius 3 is 2.77 bits per heavy atom. The fourth-order valence-corrected chi connectivity index (χ4v) is 2.32.